The molecule has 2 N–H and O–H groups in total. The predicted molar refractivity (Wildman–Crippen MR) is 108 cm³/mol. The number of fused-ring (bicyclic) bond motifs is 3. The molecule has 1 fully saturated rings. The maximum atomic E-state index is 11.6. The molecule has 0 bridgehead atoms. The fourth-order valence-corrected chi connectivity index (χ4v) is 3.28. The van der Waals surface area contributed by atoms with Crippen molar-refractivity contribution in [3.05, 3.63) is 47.1 Å². The first-order valence-corrected chi connectivity index (χ1v) is 9.37. The Hall–Kier alpha value is -3.29. The molecule has 1 unspecified atom stereocenters. The summed E-state index contributed by atoms with van der Waals surface area (Å²) in [5.41, 5.74) is 0.164. The summed E-state index contributed by atoms with van der Waals surface area (Å²) >= 11 is 0. The van der Waals surface area contributed by atoms with Crippen LogP contribution in [0.3, 0.4) is 0 Å². The number of carbonyl (C=O) groups is 2. The highest BCUT2D eigenvalue weighted by Gasteiger charge is 2.36. The van der Waals surface area contributed by atoms with E-state index in [1.54, 1.807) is 39.3 Å². The number of furan rings is 1. The van der Waals surface area contributed by atoms with Crippen molar-refractivity contribution in [2.24, 2.45) is 0 Å². The summed E-state index contributed by atoms with van der Waals surface area (Å²) < 4.78 is 10.4. The summed E-state index contributed by atoms with van der Waals surface area (Å²) in [6.07, 6.45) is 3.97. The van der Waals surface area contributed by atoms with Crippen LogP contribution in [0.2, 0.25) is 0 Å². The number of ether oxygens (including phenoxy) is 1. The molecule has 3 aromatic rings. The Labute approximate surface area is 167 Å². The molecule has 8 nitrogen and oxygen atoms in total. The van der Waals surface area contributed by atoms with E-state index < -0.39 is 23.7 Å². The average Bonchev–Trinajstić information content (AvgIpc) is 3.30. The number of H-pyrrole nitrogens is 1. The van der Waals surface area contributed by atoms with Crippen molar-refractivity contribution in [3.63, 3.8) is 0 Å². The number of carbonyl (C=O) groups excluding carboxylic acids is 1. The van der Waals surface area contributed by atoms with Crippen molar-refractivity contribution < 1.29 is 23.8 Å². The van der Waals surface area contributed by atoms with Crippen LogP contribution in [-0.4, -0.2) is 45.2 Å². The molecule has 1 aliphatic heterocycles. The number of hydrogen-bond acceptors (Lipinski definition) is 5. The number of rotatable bonds is 1. The second-order valence-corrected chi connectivity index (χ2v) is 7.84. The third-order valence-corrected chi connectivity index (χ3v) is 4.55. The summed E-state index contributed by atoms with van der Waals surface area (Å²) in [5.74, 6) is -0.960. The van der Waals surface area contributed by atoms with E-state index in [9.17, 15) is 14.4 Å². The summed E-state index contributed by atoms with van der Waals surface area (Å²) in [6, 6.07) is 6.62. The Balaban J connectivity index is 0.000000166. The second kappa shape index (κ2) is 7.98. The summed E-state index contributed by atoms with van der Waals surface area (Å²) in [5, 5.41) is 11.5. The number of hydrogen-bond donors (Lipinski definition) is 2. The number of carboxylic acid groups (broad SMARTS) is 1. The van der Waals surface area contributed by atoms with E-state index in [4.69, 9.17) is 14.3 Å². The maximum Gasteiger partial charge on any atom is 0.411 e. The van der Waals surface area contributed by atoms with Gasteiger partial charge in [0.25, 0.3) is 5.56 Å². The quantitative estimate of drug-likeness (QED) is 0.643. The van der Waals surface area contributed by atoms with Gasteiger partial charge in [-0.2, -0.15) is 0 Å². The fourth-order valence-electron chi connectivity index (χ4n) is 3.28. The molecule has 2 aromatic heterocycles. The lowest BCUT2D eigenvalue weighted by atomic mass is 10.1. The molecule has 1 atom stereocenters. The number of amides is 1. The molecule has 4 rings (SSSR count). The van der Waals surface area contributed by atoms with Gasteiger partial charge >= 0.3 is 12.1 Å². The highest BCUT2D eigenvalue weighted by molar-refractivity contribution is 6.05. The molecular weight excluding hydrogens is 376 g/mol. The lowest BCUT2D eigenvalue weighted by Crippen LogP contribution is -2.43. The van der Waals surface area contributed by atoms with Crippen LogP contribution in [-0.2, 0) is 9.53 Å². The first kappa shape index (κ1) is 20.4. The highest BCUT2D eigenvalue weighted by Crippen LogP contribution is 2.23. The molecule has 1 saturated heterocycles. The number of aromatic nitrogens is 1. The lowest BCUT2D eigenvalue weighted by Gasteiger charge is -2.26. The van der Waals surface area contributed by atoms with E-state index in [2.05, 4.69) is 4.98 Å². The molecule has 154 valence electrons. The molecule has 1 aliphatic rings. The van der Waals surface area contributed by atoms with Crippen molar-refractivity contribution in [2.45, 2.75) is 45.3 Å². The molecular formula is C21H24N2O6. The van der Waals surface area contributed by atoms with Crippen LogP contribution in [0.1, 0.15) is 33.6 Å². The molecule has 0 aliphatic carbocycles. The molecule has 0 spiro atoms. The third-order valence-electron chi connectivity index (χ3n) is 4.55. The van der Waals surface area contributed by atoms with Crippen LogP contribution in [0.4, 0.5) is 4.79 Å². The Morgan fingerprint density at radius 3 is 2.62 bits per heavy atom. The van der Waals surface area contributed by atoms with Crippen molar-refractivity contribution in [3.8, 4) is 0 Å². The normalized spacial score (nSPS) is 16.5. The van der Waals surface area contributed by atoms with Gasteiger partial charge in [-0.1, -0.05) is 0 Å². The zero-order valence-corrected chi connectivity index (χ0v) is 16.6. The van der Waals surface area contributed by atoms with E-state index in [1.807, 2.05) is 18.2 Å². The number of nitrogens with zero attached hydrogens (tertiary/aromatic N) is 1. The monoisotopic (exact) mass is 400 g/mol. The average molecular weight is 400 g/mol. The maximum absolute atomic E-state index is 11.6. The number of aromatic amines is 1. The molecule has 0 radical (unpaired) electrons. The van der Waals surface area contributed by atoms with E-state index in [1.165, 1.54) is 4.90 Å². The second-order valence-electron chi connectivity index (χ2n) is 7.84. The van der Waals surface area contributed by atoms with Crippen LogP contribution >= 0.6 is 0 Å². The van der Waals surface area contributed by atoms with Gasteiger partial charge in [0.05, 0.1) is 6.26 Å². The first-order valence-electron chi connectivity index (χ1n) is 9.37. The van der Waals surface area contributed by atoms with Crippen LogP contribution in [0.5, 0.6) is 0 Å². The highest BCUT2D eigenvalue weighted by atomic mass is 16.6. The van der Waals surface area contributed by atoms with Gasteiger partial charge < -0.3 is 19.2 Å². The van der Waals surface area contributed by atoms with Crippen LogP contribution in [0.25, 0.3) is 21.7 Å². The SMILES string of the molecule is CC(C)(C)OC(=O)N1CCCC1C(=O)O.O=c1[nH]ccc2c1ccc1occc12. The van der Waals surface area contributed by atoms with Crippen molar-refractivity contribution in [2.75, 3.05) is 6.54 Å². The Kier molecular flexibility index (Phi) is 5.63. The summed E-state index contributed by atoms with van der Waals surface area (Å²) in [7, 11) is 0. The largest absolute Gasteiger partial charge is 0.480 e. The van der Waals surface area contributed by atoms with Gasteiger partial charge in [0.2, 0.25) is 0 Å². The Morgan fingerprint density at radius 2 is 1.93 bits per heavy atom. The number of benzene rings is 1. The Morgan fingerprint density at radius 1 is 1.17 bits per heavy atom. The number of pyridine rings is 1. The van der Waals surface area contributed by atoms with Crippen molar-refractivity contribution in [1.29, 1.82) is 0 Å². The van der Waals surface area contributed by atoms with E-state index >= 15 is 0 Å². The smallest absolute Gasteiger partial charge is 0.411 e. The lowest BCUT2D eigenvalue weighted by molar-refractivity contribution is -0.142. The summed E-state index contributed by atoms with van der Waals surface area (Å²) in [6.45, 7) is 5.75. The third kappa shape index (κ3) is 4.59. The van der Waals surface area contributed by atoms with Gasteiger partial charge in [0, 0.05) is 23.5 Å². The van der Waals surface area contributed by atoms with Crippen molar-refractivity contribution in [1.82, 2.24) is 9.88 Å². The molecule has 1 aromatic carbocycles. The minimum atomic E-state index is -0.960. The van der Waals surface area contributed by atoms with Crippen LogP contribution < -0.4 is 5.56 Å². The van der Waals surface area contributed by atoms with Gasteiger partial charge in [0.1, 0.15) is 17.2 Å². The zero-order valence-electron chi connectivity index (χ0n) is 16.6. The minimum absolute atomic E-state index is 0.0643. The van der Waals surface area contributed by atoms with Crippen LogP contribution in [0, 0.1) is 0 Å². The number of carboxylic acids is 1. The van der Waals surface area contributed by atoms with E-state index in [0.29, 0.717) is 18.4 Å². The molecule has 1 amide bonds. The standard InChI is InChI=1S/C11H7NO2.C10H17NO4/c13-11-9-1-2-10-8(4-6-14-10)7(9)3-5-12-11;1-10(2,3)15-9(14)11-6-4-5-7(11)8(12)13/h1-6H,(H,12,13);7H,4-6H2,1-3H3,(H,12,13). The molecule has 3 heterocycles. The predicted octanol–water partition coefficient (Wildman–Crippen LogP) is 3.74. The first-order chi connectivity index (χ1) is 13.7. The van der Waals surface area contributed by atoms with Gasteiger partial charge in [-0.05, 0) is 63.3 Å². The number of likely N-dealkylation sites (tertiary alicyclic amines) is 1. The van der Waals surface area contributed by atoms with Gasteiger partial charge in [-0.15, -0.1) is 0 Å². The van der Waals surface area contributed by atoms with E-state index in [0.717, 1.165) is 22.8 Å². The van der Waals surface area contributed by atoms with Gasteiger partial charge in [-0.3, -0.25) is 9.69 Å². The number of aliphatic carboxylic acids is 1. The number of nitrogens with one attached hydrogen (secondary N) is 1. The van der Waals surface area contributed by atoms with E-state index in [-0.39, 0.29) is 5.56 Å². The van der Waals surface area contributed by atoms with Gasteiger partial charge in [-0.25, -0.2) is 9.59 Å². The van der Waals surface area contributed by atoms with Gasteiger partial charge in [0.15, 0.2) is 0 Å². The molecule has 8 heteroatoms. The topological polar surface area (TPSA) is 113 Å². The Bertz CT molecular complexity index is 1090. The summed E-state index contributed by atoms with van der Waals surface area (Å²) in [4.78, 5) is 37.8. The van der Waals surface area contributed by atoms with Crippen molar-refractivity contribution >= 4 is 33.8 Å². The minimum Gasteiger partial charge on any atom is -0.480 e. The zero-order chi connectivity index (χ0) is 21.2. The fraction of sp³-hybridized carbons (Fsp3) is 0.381. The molecule has 0 saturated carbocycles. The molecule has 29 heavy (non-hydrogen) atoms. The van der Waals surface area contributed by atoms with Crippen LogP contribution in [0.15, 0.2) is 45.9 Å².